The molecule has 3 nitrogen and oxygen atoms in total. The van der Waals surface area contributed by atoms with E-state index in [9.17, 15) is 0 Å². The van der Waals surface area contributed by atoms with Crippen LogP contribution in [0.2, 0.25) is 10.0 Å². The number of benzene rings is 1. The first-order valence-corrected chi connectivity index (χ1v) is 6.77. The van der Waals surface area contributed by atoms with E-state index in [1.165, 1.54) is 0 Å². The van der Waals surface area contributed by atoms with Crippen molar-refractivity contribution in [3.8, 4) is 0 Å². The maximum atomic E-state index is 6.05. The van der Waals surface area contributed by atoms with Crippen molar-refractivity contribution in [2.75, 3.05) is 24.5 Å². The molecule has 0 unspecified atom stereocenters. The van der Waals surface area contributed by atoms with Crippen LogP contribution in [0.4, 0.5) is 5.69 Å². The number of rotatable bonds is 4. The highest BCUT2D eigenvalue weighted by Crippen LogP contribution is 2.27. The molecule has 2 rings (SSSR count). The van der Waals surface area contributed by atoms with E-state index in [1.807, 2.05) is 18.2 Å². The smallest absolute Gasteiger partial charge is 0.0923 e. The molecule has 1 aliphatic rings. The Kier molecular flexibility index (Phi) is 4.25. The first kappa shape index (κ1) is 13.4. The molecule has 1 aromatic carbocycles. The summed E-state index contributed by atoms with van der Waals surface area (Å²) in [4.78, 5) is 2.27. The average molecular weight is 286 g/mol. The van der Waals surface area contributed by atoms with Gasteiger partial charge < -0.3 is 16.0 Å². The van der Waals surface area contributed by atoms with Gasteiger partial charge in [0.05, 0.1) is 15.9 Å². The number of hydrogen-bond acceptors (Lipinski definition) is 3. The molecule has 0 spiro atoms. The Morgan fingerprint density at radius 3 is 2.72 bits per heavy atom. The number of anilines is 1. The highest BCUT2D eigenvalue weighted by molar-refractivity contribution is 6.42. The molecule has 0 amide bonds. The van der Waals surface area contributed by atoms with Crippen LogP contribution in [0, 0.1) is 5.92 Å². The van der Waals surface area contributed by atoms with E-state index in [4.69, 9.17) is 28.9 Å². The topological polar surface area (TPSA) is 41.3 Å². The molecule has 0 saturated heterocycles. The molecule has 98 valence electrons. The highest BCUT2D eigenvalue weighted by Gasteiger charge is 2.17. The Balaban J connectivity index is 2.10. The number of hydrogen-bond donors (Lipinski definition) is 2. The summed E-state index contributed by atoms with van der Waals surface area (Å²) in [6.45, 7) is 4.85. The average Bonchev–Trinajstić information content (AvgIpc) is 2.75. The van der Waals surface area contributed by atoms with Gasteiger partial charge in [-0.1, -0.05) is 23.2 Å². The molecule has 1 heterocycles. The predicted molar refractivity (Wildman–Crippen MR) is 78.1 cm³/mol. The molecule has 0 aromatic heterocycles. The molecule has 1 aromatic rings. The third-order valence-electron chi connectivity index (χ3n) is 3.09. The van der Waals surface area contributed by atoms with Crippen LogP contribution in [0.3, 0.4) is 0 Å². The molecule has 18 heavy (non-hydrogen) atoms. The summed E-state index contributed by atoms with van der Waals surface area (Å²) < 4.78 is 0. The molecule has 0 bridgehead atoms. The standard InChI is InChI=1S/C13H17Cl2N3/c1-2-18(8-9-5-13(16)17-7-9)10-3-4-11(14)12(15)6-10/h3-6,9,17H,2,7-8,16H2,1H3/t9-/m1/s1. The second-order valence-electron chi connectivity index (χ2n) is 4.40. The zero-order valence-corrected chi connectivity index (χ0v) is 11.8. The van der Waals surface area contributed by atoms with E-state index in [0.29, 0.717) is 16.0 Å². The number of halogens is 2. The van der Waals surface area contributed by atoms with Crippen LogP contribution in [-0.2, 0) is 0 Å². The van der Waals surface area contributed by atoms with E-state index in [0.717, 1.165) is 31.1 Å². The zero-order chi connectivity index (χ0) is 13.1. The summed E-state index contributed by atoms with van der Waals surface area (Å²) in [5.41, 5.74) is 6.81. The van der Waals surface area contributed by atoms with E-state index in [-0.39, 0.29) is 0 Å². The Labute approximate surface area is 118 Å². The van der Waals surface area contributed by atoms with Crippen molar-refractivity contribution in [3.05, 3.63) is 40.1 Å². The molecule has 0 radical (unpaired) electrons. The summed E-state index contributed by atoms with van der Waals surface area (Å²) in [7, 11) is 0. The fourth-order valence-electron chi connectivity index (χ4n) is 2.12. The van der Waals surface area contributed by atoms with Crippen molar-refractivity contribution in [1.29, 1.82) is 0 Å². The van der Waals surface area contributed by atoms with E-state index < -0.39 is 0 Å². The summed E-state index contributed by atoms with van der Waals surface area (Å²) >= 11 is 12.0. The Morgan fingerprint density at radius 1 is 1.39 bits per heavy atom. The predicted octanol–water partition coefficient (Wildman–Crippen LogP) is 2.84. The molecular formula is C13H17Cl2N3. The van der Waals surface area contributed by atoms with Gasteiger partial charge in [-0.25, -0.2) is 0 Å². The van der Waals surface area contributed by atoms with Gasteiger partial charge in [0.1, 0.15) is 0 Å². The van der Waals surface area contributed by atoms with Crippen molar-refractivity contribution in [1.82, 2.24) is 5.32 Å². The second kappa shape index (κ2) is 5.72. The highest BCUT2D eigenvalue weighted by atomic mass is 35.5. The second-order valence-corrected chi connectivity index (χ2v) is 5.21. The molecular weight excluding hydrogens is 269 g/mol. The summed E-state index contributed by atoms with van der Waals surface area (Å²) in [6.07, 6.45) is 2.07. The summed E-state index contributed by atoms with van der Waals surface area (Å²) in [5.74, 6) is 1.20. The fourth-order valence-corrected chi connectivity index (χ4v) is 2.41. The summed E-state index contributed by atoms with van der Waals surface area (Å²) in [5, 5.41) is 4.31. The van der Waals surface area contributed by atoms with Crippen LogP contribution < -0.4 is 16.0 Å². The SMILES string of the molecule is CCN(C[C@@H]1C=C(N)NC1)c1ccc(Cl)c(Cl)c1. The van der Waals surface area contributed by atoms with Gasteiger partial charge in [0.25, 0.3) is 0 Å². The van der Waals surface area contributed by atoms with Crippen LogP contribution in [0.15, 0.2) is 30.1 Å². The van der Waals surface area contributed by atoms with Crippen molar-refractivity contribution in [2.45, 2.75) is 6.92 Å². The van der Waals surface area contributed by atoms with Crippen LogP contribution >= 0.6 is 23.2 Å². The summed E-state index contributed by atoms with van der Waals surface area (Å²) in [6, 6.07) is 5.73. The number of nitrogens with zero attached hydrogens (tertiary/aromatic N) is 1. The van der Waals surface area contributed by atoms with Crippen LogP contribution in [-0.4, -0.2) is 19.6 Å². The minimum Gasteiger partial charge on any atom is -0.386 e. The molecule has 1 aliphatic heterocycles. The minimum atomic E-state index is 0.430. The minimum absolute atomic E-state index is 0.430. The van der Waals surface area contributed by atoms with Gasteiger partial charge in [-0.05, 0) is 31.2 Å². The zero-order valence-electron chi connectivity index (χ0n) is 10.3. The lowest BCUT2D eigenvalue weighted by Gasteiger charge is -2.25. The maximum absolute atomic E-state index is 6.05. The van der Waals surface area contributed by atoms with Gasteiger partial charge in [-0.3, -0.25) is 0 Å². The van der Waals surface area contributed by atoms with Crippen LogP contribution in [0.1, 0.15) is 6.92 Å². The van der Waals surface area contributed by atoms with Gasteiger partial charge in [-0.15, -0.1) is 0 Å². The lowest BCUT2D eigenvalue weighted by Crippen LogP contribution is -2.30. The van der Waals surface area contributed by atoms with Crippen molar-refractivity contribution < 1.29 is 0 Å². The van der Waals surface area contributed by atoms with Crippen LogP contribution in [0.5, 0.6) is 0 Å². The van der Waals surface area contributed by atoms with Crippen molar-refractivity contribution >= 4 is 28.9 Å². The normalized spacial score (nSPS) is 18.4. The fraction of sp³-hybridized carbons (Fsp3) is 0.385. The number of nitrogens with two attached hydrogens (primary N) is 1. The molecule has 0 fully saturated rings. The van der Waals surface area contributed by atoms with E-state index >= 15 is 0 Å². The third kappa shape index (κ3) is 3.03. The van der Waals surface area contributed by atoms with Gasteiger partial charge >= 0.3 is 0 Å². The third-order valence-corrected chi connectivity index (χ3v) is 3.83. The quantitative estimate of drug-likeness (QED) is 0.894. The van der Waals surface area contributed by atoms with Gasteiger partial charge in [0.15, 0.2) is 0 Å². The van der Waals surface area contributed by atoms with Gasteiger partial charge in [0.2, 0.25) is 0 Å². The van der Waals surface area contributed by atoms with Crippen molar-refractivity contribution in [2.24, 2.45) is 11.7 Å². The van der Waals surface area contributed by atoms with E-state index in [1.54, 1.807) is 0 Å². The molecule has 3 N–H and O–H groups in total. The Bertz CT molecular complexity index is 460. The van der Waals surface area contributed by atoms with Gasteiger partial charge in [-0.2, -0.15) is 0 Å². The van der Waals surface area contributed by atoms with Gasteiger partial charge in [0, 0.05) is 31.2 Å². The molecule has 5 heteroatoms. The molecule has 1 atom stereocenters. The first-order valence-electron chi connectivity index (χ1n) is 6.01. The number of nitrogens with one attached hydrogen (secondary N) is 1. The Hall–Kier alpha value is -1.06. The monoisotopic (exact) mass is 285 g/mol. The van der Waals surface area contributed by atoms with Crippen molar-refractivity contribution in [3.63, 3.8) is 0 Å². The van der Waals surface area contributed by atoms with Crippen LogP contribution in [0.25, 0.3) is 0 Å². The Morgan fingerprint density at radius 2 is 2.17 bits per heavy atom. The first-order chi connectivity index (χ1) is 8.60. The maximum Gasteiger partial charge on any atom is 0.0923 e. The lowest BCUT2D eigenvalue weighted by molar-refractivity contribution is 0.624. The lowest BCUT2D eigenvalue weighted by atomic mass is 10.1. The largest absolute Gasteiger partial charge is 0.386 e. The molecule has 0 saturated carbocycles. The van der Waals surface area contributed by atoms with E-state index in [2.05, 4.69) is 23.2 Å². The molecule has 0 aliphatic carbocycles.